The summed E-state index contributed by atoms with van der Waals surface area (Å²) in [5, 5.41) is 0. The van der Waals surface area contributed by atoms with Gasteiger partial charge in [0.25, 0.3) is 0 Å². The third-order valence-electron chi connectivity index (χ3n) is 0.892. The van der Waals surface area contributed by atoms with Crippen LogP contribution >= 0.6 is 24.0 Å². The molecule has 0 spiro atoms. The predicted molar refractivity (Wildman–Crippen MR) is 53.0 cm³/mol. The predicted octanol–water partition coefficient (Wildman–Crippen LogP) is 2.61. The van der Waals surface area contributed by atoms with Gasteiger partial charge in [0.05, 0.1) is 0 Å². The lowest BCUT2D eigenvalue weighted by atomic mass is 10.6. The van der Waals surface area contributed by atoms with Gasteiger partial charge < -0.3 is 4.90 Å². The van der Waals surface area contributed by atoms with Crippen molar-refractivity contribution in [2.45, 2.75) is 6.92 Å². The fraction of sp³-hybridized carbons (Fsp3) is 0.286. The quantitative estimate of drug-likeness (QED) is 0.591. The van der Waals surface area contributed by atoms with Crippen LogP contribution in [0.15, 0.2) is 25.1 Å². The van der Waals surface area contributed by atoms with E-state index in [0.29, 0.717) is 0 Å². The second-order valence-electron chi connectivity index (χ2n) is 1.54. The Bertz CT molecular complexity index is 152. The van der Waals surface area contributed by atoms with Crippen LogP contribution in [-0.4, -0.2) is 15.5 Å². The van der Waals surface area contributed by atoms with Gasteiger partial charge in [0, 0.05) is 12.4 Å². The molecule has 0 aromatic rings. The summed E-state index contributed by atoms with van der Waals surface area (Å²) in [6.07, 6.45) is 7.44. The molecule has 0 bridgehead atoms. The maximum Gasteiger partial charge on any atom is 0.144 e. The summed E-state index contributed by atoms with van der Waals surface area (Å²) in [6, 6.07) is 0. The number of thioether (sulfide) groups is 1. The number of thiocarbonyl (C=S) groups is 1. The summed E-state index contributed by atoms with van der Waals surface area (Å²) in [5.74, 6) is 0. The molecule has 0 amide bonds. The lowest BCUT2D eigenvalue weighted by Crippen LogP contribution is -2.12. The average molecular weight is 173 g/mol. The molecular weight excluding hydrogens is 162 g/mol. The molecule has 0 aliphatic rings. The van der Waals surface area contributed by atoms with Gasteiger partial charge in [0.1, 0.15) is 4.32 Å². The van der Waals surface area contributed by atoms with Crippen LogP contribution in [0.25, 0.3) is 0 Å². The topological polar surface area (TPSA) is 3.24 Å². The number of rotatable bonds is 2. The molecule has 10 heavy (non-hydrogen) atoms. The van der Waals surface area contributed by atoms with Crippen LogP contribution in [-0.2, 0) is 0 Å². The Hall–Kier alpha value is -0.280. The Labute approximate surface area is 71.8 Å². The molecule has 0 fully saturated rings. The summed E-state index contributed by atoms with van der Waals surface area (Å²) in [5.41, 5.74) is 0. The van der Waals surface area contributed by atoms with Gasteiger partial charge in [-0.05, 0) is 13.2 Å². The van der Waals surface area contributed by atoms with Gasteiger partial charge in [-0.15, -0.1) is 0 Å². The van der Waals surface area contributed by atoms with E-state index in [9.17, 15) is 0 Å². The second kappa shape index (κ2) is 5.50. The Morgan fingerprint density at radius 3 is 2.60 bits per heavy atom. The second-order valence-corrected chi connectivity index (χ2v) is 2.98. The van der Waals surface area contributed by atoms with Crippen LogP contribution in [0.2, 0.25) is 0 Å². The Kier molecular flexibility index (Phi) is 5.35. The van der Waals surface area contributed by atoms with Crippen molar-refractivity contribution in [3.05, 3.63) is 25.1 Å². The van der Waals surface area contributed by atoms with Crippen molar-refractivity contribution in [1.29, 1.82) is 0 Å². The van der Waals surface area contributed by atoms with Gasteiger partial charge in [-0.1, -0.05) is 36.6 Å². The molecule has 56 valence electrons. The molecule has 0 atom stereocenters. The van der Waals surface area contributed by atoms with Gasteiger partial charge >= 0.3 is 0 Å². The average Bonchev–Trinajstić information content (AvgIpc) is 1.99. The molecule has 0 saturated heterocycles. The first-order valence-electron chi connectivity index (χ1n) is 2.88. The van der Waals surface area contributed by atoms with E-state index in [1.165, 1.54) is 11.8 Å². The number of hydrogen-bond acceptors (Lipinski definition) is 2. The van der Waals surface area contributed by atoms with E-state index in [-0.39, 0.29) is 0 Å². The molecule has 3 heteroatoms. The standard InChI is InChI=1S/C7H11NS2/c1-4-6-8(5-2)7(9)10-3/h4-6H,2H2,1,3H3/b6-4-. The lowest BCUT2D eigenvalue weighted by Gasteiger charge is -2.12. The summed E-state index contributed by atoms with van der Waals surface area (Å²) in [7, 11) is 0. The zero-order chi connectivity index (χ0) is 7.98. The van der Waals surface area contributed by atoms with E-state index in [1.54, 1.807) is 11.1 Å². The van der Waals surface area contributed by atoms with Crippen molar-refractivity contribution in [2.24, 2.45) is 0 Å². The maximum absolute atomic E-state index is 5.01. The minimum Gasteiger partial charge on any atom is -0.311 e. The molecule has 0 unspecified atom stereocenters. The number of allylic oxidation sites excluding steroid dienone is 1. The van der Waals surface area contributed by atoms with Crippen molar-refractivity contribution in [2.75, 3.05) is 6.26 Å². The number of hydrogen-bond donors (Lipinski definition) is 0. The summed E-state index contributed by atoms with van der Waals surface area (Å²) in [4.78, 5) is 1.81. The van der Waals surface area contributed by atoms with Crippen molar-refractivity contribution in [3.8, 4) is 0 Å². The SMILES string of the molecule is C=CN(/C=C\C)C(=S)SC. The van der Waals surface area contributed by atoms with Crippen molar-refractivity contribution >= 4 is 28.3 Å². The highest BCUT2D eigenvalue weighted by atomic mass is 32.2. The highest BCUT2D eigenvalue weighted by Crippen LogP contribution is 2.05. The van der Waals surface area contributed by atoms with E-state index in [2.05, 4.69) is 6.58 Å². The molecule has 0 aromatic heterocycles. The molecular formula is C7H11NS2. The molecule has 0 aromatic carbocycles. The summed E-state index contributed by atoms with van der Waals surface area (Å²) < 4.78 is 0.813. The minimum absolute atomic E-state index is 0.813. The Balaban J connectivity index is 4.06. The summed E-state index contributed by atoms with van der Waals surface area (Å²) in [6.45, 7) is 5.57. The van der Waals surface area contributed by atoms with E-state index in [0.717, 1.165) is 4.32 Å². The van der Waals surface area contributed by atoms with Crippen molar-refractivity contribution in [3.63, 3.8) is 0 Å². The van der Waals surface area contributed by atoms with E-state index >= 15 is 0 Å². The zero-order valence-electron chi connectivity index (χ0n) is 6.20. The smallest absolute Gasteiger partial charge is 0.144 e. The van der Waals surface area contributed by atoms with Gasteiger partial charge in [0.15, 0.2) is 0 Å². The fourth-order valence-electron chi connectivity index (χ4n) is 0.462. The van der Waals surface area contributed by atoms with Crippen LogP contribution in [0.5, 0.6) is 0 Å². The van der Waals surface area contributed by atoms with Crippen molar-refractivity contribution in [1.82, 2.24) is 4.90 Å². The third-order valence-corrected chi connectivity index (χ3v) is 2.16. The van der Waals surface area contributed by atoms with E-state index < -0.39 is 0 Å². The zero-order valence-corrected chi connectivity index (χ0v) is 7.84. The third kappa shape index (κ3) is 3.03. The monoisotopic (exact) mass is 173 g/mol. The Morgan fingerprint density at radius 2 is 2.30 bits per heavy atom. The Morgan fingerprint density at radius 1 is 1.70 bits per heavy atom. The molecule has 1 nitrogen and oxygen atoms in total. The molecule has 0 aliphatic heterocycles. The highest BCUT2D eigenvalue weighted by Gasteiger charge is 1.97. The van der Waals surface area contributed by atoms with Crippen LogP contribution in [0.3, 0.4) is 0 Å². The fourth-order valence-corrected chi connectivity index (χ4v) is 0.944. The van der Waals surface area contributed by atoms with E-state index in [1.807, 2.05) is 25.5 Å². The van der Waals surface area contributed by atoms with Gasteiger partial charge in [0.2, 0.25) is 0 Å². The summed E-state index contributed by atoms with van der Waals surface area (Å²) >= 11 is 6.54. The van der Waals surface area contributed by atoms with Crippen LogP contribution in [0.1, 0.15) is 6.92 Å². The first-order chi connectivity index (χ1) is 4.76. The molecule has 0 heterocycles. The van der Waals surface area contributed by atoms with Gasteiger partial charge in [-0.3, -0.25) is 0 Å². The van der Waals surface area contributed by atoms with Gasteiger partial charge in [-0.2, -0.15) is 0 Å². The first-order valence-corrected chi connectivity index (χ1v) is 4.51. The van der Waals surface area contributed by atoms with Gasteiger partial charge in [-0.25, -0.2) is 0 Å². The van der Waals surface area contributed by atoms with Crippen LogP contribution < -0.4 is 0 Å². The minimum atomic E-state index is 0.813. The molecule has 0 aliphatic carbocycles. The normalized spacial score (nSPS) is 9.80. The highest BCUT2D eigenvalue weighted by molar-refractivity contribution is 8.22. The van der Waals surface area contributed by atoms with E-state index in [4.69, 9.17) is 12.2 Å². The number of nitrogens with zero attached hydrogens (tertiary/aromatic N) is 1. The van der Waals surface area contributed by atoms with Crippen LogP contribution in [0, 0.1) is 0 Å². The molecule has 0 N–H and O–H groups in total. The molecule has 0 rings (SSSR count). The lowest BCUT2D eigenvalue weighted by molar-refractivity contribution is 0.792. The maximum atomic E-state index is 5.01. The molecule has 0 radical (unpaired) electrons. The van der Waals surface area contributed by atoms with Crippen molar-refractivity contribution < 1.29 is 0 Å². The molecule has 0 saturated carbocycles. The van der Waals surface area contributed by atoms with Crippen LogP contribution in [0.4, 0.5) is 0 Å². The largest absolute Gasteiger partial charge is 0.311 e. The first kappa shape index (κ1) is 9.72.